The van der Waals surface area contributed by atoms with Crippen LogP contribution in [0.2, 0.25) is 0 Å². The molecule has 0 bridgehead atoms. The third kappa shape index (κ3) is 3.26. The number of nitrogens with zero attached hydrogens (tertiary/aromatic N) is 4. The Morgan fingerprint density at radius 3 is 2.67 bits per heavy atom. The fraction of sp³-hybridized carbons (Fsp3) is 0.118. The van der Waals surface area contributed by atoms with Crippen molar-refractivity contribution in [1.29, 1.82) is 0 Å². The Bertz CT molecular complexity index is 1200. The number of hydrogen-bond donors (Lipinski definition) is 1. The lowest BCUT2D eigenvalue weighted by atomic mass is 10.1. The molecule has 2 aromatic rings. The third-order valence-electron chi connectivity index (χ3n) is 4.09. The fourth-order valence-electron chi connectivity index (χ4n) is 2.98. The summed E-state index contributed by atoms with van der Waals surface area (Å²) in [5, 5.41) is 19.2. The molecule has 0 atom stereocenters. The molecule has 2 aliphatic rings. The van der Waals surface area contributed by atoms with Crippen molar-refractivity contribution < 1.29 is 18.4 Å². The summed E-state index contributed by atoms with van der Waals surface area (Å²) >= 11 is 0. The number of rotatable bonds is 1. The summed E-state index contributed by atoms with van der Waals surface area (Å²) in [5.74, 6) is 0. The molecule has 1 N–H and O–H groups in total. The zero-order chi connectivity index (χ0) is 18.5. The summed E-state index contributed by atoms with van der Waals surface area (Å²) in [4.78, 5) is 12.5. The average molecular weight is 397 g/mol. The number of hydrogen-bond acceptors (Lipinski definition) is 5. The lowest BCUT2D eigenvalue weighted by Crippen LogP contribution is -2.38. The number of azo groups is 1. The number of halogens is 4. The van der Waals surface area contributed by atoms with Crippen molar-refractivity contribution in [3.05, 3.63) is 63.4 Å². The van der Waals surface area contributed by atoms with Crippen LogP contribution in [0.5, 0.6) is 0 Å². The Balaban J connectivity index is 0.00000210. The Kier molecular flexibility index (Phi) is 4.66. The van der Waals surface area contributed by atoms with Gasteiger partial charge in [0, 0.05) is 16.8 Å². The van der Waals surface area contributed by atoms with E-state index in [0.29, 0.717) is 20.9 Å². The highest BCUT2D eigenvalue weighted by Gasteiger charge is 2.30. The summed E-state index contributed by atoms with van der Waals surface area (Å²) in [6.45, 7) is -1.43. The van der Waals surface area contributed by atoms with Crippen LogP contribution in [0.1, 0.15) is 0 Å². The van der Waals surface area contributed by atoms with E-state index in [1.54, 1.807) is 30.4 Å². The van der Waals surface area contributed by atoms with Gasteiger partial charge in [-0.15, -0.1) is 17.5 Å². The maximum atomic E-state index is 13.0. The Morgan fingerprint density at radius 2 is 1.96 bits per heavy atom. The van der Waals surface area contributed by atoms with E-state index in [0.717, 1.165) is 11.3 Å². The number of aromatic nitrogens is 1. The van der Waals surface area contributed by atoms with E-state index < -0.39 is 18.3 Å². The standard InChI is InChI=1S/C17H11F3N4O2.ClH/c18-17(19,20)9-23-14-7-10(13-3-1-2-6-24(13)26)4-5-11(14)15-12(16(23)25)8-21-22-15;/h1-8,26H,9H2;1H/b13-10-;. The van der Waals surface area contributed by atoms with Gasteiger partial charge in [0.05, 0.1) is 22.6 Å². The maximum Gasteiger partial charge on any atom is 0.406 e. The minimum Gasteiger partial charge on any atom is -0.298 e. The molecule has 4 rings (SSSR count). The van der Waals surface area contributed by atoms with Gasteiger partial charge >= 0.3 is 6.18 Å². The maximum absolute atomic E-state index is 13.0. The minimum absolute atomic E-state index is 0. The molecule has 0 spiro atoms. The fourth-order valence-corrected chi connectivity index (χ4v) is 2.98. The van der Waals surface area contributed by atoms with Gasteiger partial charge in [-0.25, -0.2) is 5.06 Å². The van der Waals surface area contributed by atoms with Crippen LogP contribution in [-0.4, -0.2) is 21.0 Å². The summed E-state index contributed by atoms with van der Waals surface area (Å²) in [6, 6.07) is 4.64. The van der Waals surface area contributed by atoms with E-state index in [2.05, 4.69) is 10.2 Å². The molecule has 140 valence electrons. The molecule has 2 aliphatic heterocycles. The second kappa shape index (κ2) is 6.67. The van der Waals surface area contributed by atoms with Gasteiger partial charge in [0.25, 0.3) is 5.56 Å². The smallest absolute Gasteiger partial charge is 0.298 e. The highest BCUT2D eigenvalue weighted by Crippen LogP contribution is 2.25. The van der Waals surface area contributed by atoms with Crippen molar-refractivity contribution in [1.82, 2.24) is 9.63 Å². The van der Waals surface area contributed by atoms with Crippen LogP contribution in [0.15, 0.2) is 57.7 Å². The van der Waals surface area contributed by atoms with Crippen LogP contribution >= 0.6 is 12.4 Å². The average Bonchev–Trinajstić information content (AvgIpc) is 3.08. The van der Waals surface area contributed by atoms with Crippen molar-refractivity contribution in [3.63, 3.8) is 0 Å². The summed E-state index contributed by atoms with van der Waals surface area (Å²) in [7, 11) is 0. The van der Waals surface area contributed by atoms with Crippen molar-refractivity contribution >= 4 is 40.9 Å². The predicted octanol–water partition coefficient (Wildman–Crippen LogP) is 2.70. The number of benzene rings is 1. The second-order valence-corrected chi connectivity index (χ2v) is 5.78. The van der Waals surface area contributed by atoms with Crippen LogP contribution in [0.25, 0.3) is 22.8 Å². The molecule has 3 heterocycles. The molecule has 0 unspecified atom stereocenters. The molecular weight excluding hydrogens is 385 g/mol. The first-order chi connectivity index (χ1) is 12.3. The Morgan fingerprint density at radius 1 is 1.19 bits per heavy atom. The molecule has 0 amide bonds. The van der Waals surface area contributed by atoms with Crippen LogP contribution in [0.3, 0.4) is 0 Å². The summed E-state index contributed by atoms with van der Waals surface area (Å²) < 4.78 is 39.7. The molecule has 27 heavy (non-hydrogen) atoms. The molecule has 0 aliphatic carbocycles. The summed E-state index contributed by atoms with van der Waals surface area (Å²) in [5.41, 5.74) is -0.118. The number of allylic oxidation sites excluding steroid dienone is 2. The van der Waals surface area contributed by atoms with Crippen LogP contribution in [0.4, 0.5) is 18.9 Å². The number of alkyl halides is 3. The quantitative estimate of drug-likeness (QED) is 0.805. The van der Waals surface area contributed by atoms with E-state index in [-0.39, 0.29) is 28.8 Å². The van der Waals surface area contributed by atoms with Gasteiger partial charge in [-0.1, -0.05) is 12.1 Å². The van der Waals surface area contributed by atoms with Gasteiger partial charge in [-0.2, -0.15) is 18.3 Å². The third-order valence-corrected chi connectivity index (χ3v) is 4.09. The van der Waals surface area contributed by atoms with Gasteiger partial charge in [-0.05, 0) is 24.3 Å². The zero-order valence-electron chi connectivity index (χ0n) is 13.5. The minimum atomic E-state index is -4.57. The molecule has 0 fully saturated rings. The number of fused-ring (bicyclic) bond motifs is 3. The van der Waals surface area contributed by atoms with Crippen molar-refractivity contribution in [3.8, 4) is 0 Å². The van der Waals surface area contributed by atoms with E-state index in [9.17, 15) is 23.2 Å². The highest BCUT2D eigenvalue weighted by atomic mass is 35.5. The van der Waals surface area contributed by atoms with Crippen molar-refractivity contribution in [2.45, 2.75) is 12.7 Å². The number of pyridine rings is 1. The van der Waals surface area contributed by atoms with Crippen LogP contribution < -0.4 is 16.0 Å². The van der Waals surface area contributed by atoms with E-state index in [1.165, 1.54) is 12.3 Å². The van der Waals surface area contributed by atoms with E-state index in [4.69, 9.17) is 0 Å². The Labute approximate surface area is 155 Å². The molecule has 1 aromatic heterocycles. The van der Waals surface area contributed by atoms with Crippen LogP contribution in [-0.2, 0) is 6.54 Å². The first kappa shape index (κ1) is 18.9. The van der Waals surface area contributed by atoms with Gasteiger partial charge in [-0.3, -0.25) is 14.6 Å². The second-order valence-electron chi connectivity index (χ2n) is 5.78. The predicted molar refractivity (Wildman–Crippen MR) is 95.1 cm³/mol. The lowest BCUT2D eigenvalue weighted by Gasteiger charge is -2.17. The lowest BCUT2D eigenvalue weighted by molar-refractivity contribution is -0.140. The Hall–Kier alpha value is -2.91. The largest absolute Gasteiger partial charge is 0.406 e. The molecule has 0 saturated heterocycles. The molecule has 10 heteroatoms. The monoisotopic (exact) mass is 396 g/mol. The molecule has 0 saturated carbocycles. The van der Waals surface area contributed by atoms with Crippen LogP contribution in [0, 0.1) is 0 Å². The van der Waals surface area contributed by atoms with E-state index in [1.807, 2.05) is 0 Å². The first-order valence-electron chi connectivity index (χ1n) is 7.57. The molecule has 1 aromatic carbocycles. The molecular formula is C17H12ClF3N4O2. The first-order valence-corrected chi connectivity index (χ1v) is 7.57. The van der Waals surface area contributed by atoms with Crippen molar-refractivity contribution in [2.75, 3.05) is 0 Å². The highest BCUT2D eigenvalue weighted by molar-refractivity contribution is 5.91. The molecule has 0 radical (unpaired) electrons. The number of hydroxylamine groups is 2. The SMILES string of the molecule is Cl.O=c1c2c(c3cc/c(=C4\C=CC=CN4O)cc3n1CC(F)(F)F)N=NC=2. The van der Waals surface area contributed by atoms with Gasteiger partial charge < -0.3 is 0 Å². The summed E-state index contributed by atoms with van der Waals surface area (Å²) in [6.07, 6.45) is 2.88. The zero-order valence-corrected chi connectivity index (χ0v) is 14.3. The van der Waals surface area contributed by atoms with E-state index >= 15 is 0 Å². The topological polar surface area (TPSA) is 70.2 Å². The van der Waals surface area contributed by atoms with Gasteiger partial charge in [0.2, 0.25) is 0 Å². The van der Waals surface area contributed by atoms with Crippen molar-refractivity contribution in [2.24, 2.45) is 10.2 Å². The molecule has 6 nitrogen and oxygen atoms in total. The van der Waals surface area contributed by atoms with Gasteiger partial charge in [0.1, 0.15) is 12.2 Å². The van der Waals surface area contributed by atoms with Gasteiger partial charge in [0.15, 0.2) is 0 Å². The normalized spacial score (nSPS) is 17.1.